The third-order valence-electron chi connectivity index (χ3n) is 1.77. The lowest BCUT2D eigenvalue weighted by molar-refractivity contribution is -0.727. The second-order valence-corrected chi connectivity index (χ2v) is 3.67. The van der Waals surface area contributed by atoms with E-state index in [-0.39, 0.29) is 24.2 Å². The van der Waals surface area contributed by atoms with Crippen LogP contribution >= 0.6 is 0 Å². The van der Waals surface area contributed by atoms with Gasteiger partial charge in [-0.15, -0.1) is 5.01 Å². The first kappa shape index (κ1) is 13.3. The first-order valence-corrected chi connectivity index (χ1v) is 5.05. The Morgan fingerprint density at radius 2 is 2.29 bits per heavy atom. The fourth-order valence-electron chi connectivity index (χ4n) is 0.998. The van der Waals surface area contributed by atoms with Gasteiger partial charge in [-0.25, -0.2) is 4.79 Å². The van der Waals surface area contributed by atoms with Crippen molar-refractivity contribution < 1.29 is 29.2 Å². The maximum Gasteiger partial charge on any atom is 0.511 e. The summed E-state index contributed by atoms with van der Waals surface area (Å²) in [5.74, 6) is 0. The quantitative estimate of drug-likeness (QED) is 0.182. The van der Waals surface area contributed by atoms with E-state index in [1.54, 1.807) is 13.8 Å². The van der Waals surface area contributed by atoms with Crippen molar-refractivity contribution in [1.29, 1.82) is 0 Å². The summed E-state index contributed by atoms with van der Waals surface area (Å²) in [5, 5.41) is 24.3. The molecule has 9 nitrogen and oxygen atoms in total. The Balaban J connectivity index is 2.10. The summed E-state index contributed by atoms with van der Waals surface area (Å²) >= 11 is 0. The molecular formula is C8H15N3O6. The van der Waals surface area contributed by atoms with E-state index in [2.05, 4.69) is 19.6 Å². The molecule has 0 amide bonds. The van der Waals surface area contributed by atoms with Crippen molar-refractivity contribution in [3.63, 3.8) is 0 Å². The second kappa shape index (κ2) is 6.09. The molecule has 0 radical (unpaired) electrons. The lowest BCUT2D eigenvalue weighted by atomic mass is 10.2. The van der Waals surface area contributed by atoms with Gasteiger partial charge in [0.1, 0.15) is 19.2 Å². The van der Waals surface area contributed by atoms with E-state index in [1.807, 2.05) is 0 Å². The van der Waals surface area contributed by atoms with Crippen molar-refractivity contribution in [2.75, 3.05) is 19.9 Å². The fraction of sp³-hybridized carbons (Fsp3) is 0.875. The normalized spacial score (nSPS) is 16.7. The van der Waals surface area contributed by atoms with Crippen molar-refractivity contribution in [3.8, 4) is 0 Å². The number of β-amino-alcohol motifs (C(OH)–C–C–N with tert-alkyl or cyclic N) is 1. The van der Waals surface area contributed by atoms with Gasteiger partial charge in [0.05, 0.1) is 11.1 Å². The number of hydrazine groups is 1. The van der Waals surface area contributed by atoms with Crippen LogP contribution in [0.25, 0.3) is 0 Å². The molecule has 17 heavy (non-hydrogen) atoms. The molecule has 98 valence electrons. The van der Waals surface area contributed by atoms with E-state index in [0.29, 0.717) is 0 Å². The molecule has 0 aromatic rings. The Morgan fingerprint density at radius 3 is 2.82 bits per heavy atom. The number of ether oxygens (including phenoxy) is 2. The van der Waals surface area contributed by atoms with Crippen LogP contribution in [-0.4, -0.2) is 53.3 Å². The minimum Gasteiger partial charge on any atom is -0.569 e. The van der Waals surface area contributed by atoms with Crippen LogP contribution in [0.1, 0.15) is 13.8 Å². The molecule has 1 heterocycles. The molecule has 1 rings (SSSR count). The maximum atomic E-state index is 11.1. The highest BCUT2D eigenvalue weighted by Crippen LogP contribution is 2.07. The molecule has 0 aromatic carbocycles. The van der Waals surface area contributed by atoms with Gasteiger partial charge in [0.25, 0.3) is 6.79 Å². The molecule has 1 saturated heterocycles. The second-order valence-electron chi connectivity index (χ2n) is 3.67. The van der Waals surface area contributed by atoms with Gasteiger partial charge in [-0.05, 0) is 13.8 Å². The molecule has 9 heteroatoms. The third kappa shape index (κ3) is 4.72. The van der Waals surface area contributed by atoms with Crippen LogP contribution in [0, 0.1) is 5.21 Å². The van der Waals surface area contributed by atoms with Crippen molar-refractivity contribution >= 4 is 6.16 Å². The van der Waals surface area contributed by atoms with Gasteiger partial charge in [0, 0.05) is 0 Å². The molecule has 0 aliphatic carbocycles. The average Bonchev–Trinajstić information content (AvgIpc) is 2.18. The SMILES string of the molecule is CC(C)OC(=O)OCON=[N+]([O-])N1CC(O)C1. The number of hydrogen-bond acceptors (Lipinski definition) is 7. The highest BCUT2D eigenvalue weighted by atomic mass is 16.8. The molecule has 1 N–H and O–H groups in total. The zero-order valence-electron chi connectivity index (χ0n) is 9.61. The predicted molar refractivity (Wildman–Crippen MR) is 52.3 cm³/mol. The van der Waals surface area contributed by atoms with Crippen molar-refractivity contribution in [3.05, 3.63) is 5.21 Å². The standard InChI is InChI=1S/C8H15N3O6/c1-6(2)17-8(13)15-5-16-9-11(14)10-3-7(12)4-10/h6-7,12H,3-5H2,1-2H3. The number of carbonyl (C=O) groups excluding carboxylic acids is 1. The van der Waals surface area contributed by atoms with Crippen molar-refractivity contribution in [1.82, 2.24) is 5.01 Å². The fourth-order valence-corrected chi connectivity index (χ4v) is 0.998. The first-order chi connectivity index (χ1) is 7.99. The maximum absolute atomic E-state index is 11.1. The zero-order valence-corrected chi connectivity index (χ0v) is 9.61. The van der Waals surface area contributed by atoms with Gasteiger partial charge >= 0.3 is 6.16 Å². The number of aliphatic hydroxyl groups is 1. The van der Waals surface area contributed by atoms with E-state index in [1.165, 1.54) is 5.01 Å². The molecule has 0 saturated carbocycles. The van der Waals surface area contributed by atoms with Gasteiger partial charge in [-0.3, -0.25) is 0 Å². The lowest BCUT2D eigenvalue weighted by Crippen LogP contribution is -2.53. The van der Waals surface area contributed by atoms with Crippen molar-refractivity contribution in [2.45, 2.75) is 26.1 Å². The van der Waals surface area contributed by atoms with Gasteiger partial charge in [-0.1, -0.05) is 0 Å². The summed E-state index contributed by atoms with van der Waals surface area (Å²) in [5.41, 5.74) is 0. The largest absolute Gasteiger partial charge is 0.569 e. The number of aliphatic hydroxyl groups excluding tert-OH is 1. The predicted octanol–water partition coefficient (Wildman–Crippen LogP) is -0.00890. The Morgan fingerprint density at radius 1 is 1.65 bits per heavy atom. The summed E-state index contributed by atoms with van der Waals surface area (Å²) in [6.45, 7) is 3.22. The van der Waals surface area contributed by atoms with Crippen LogP contribution in [0.3, 0.4) is 0 Å². The van der Waals surface area contributed by atoms with Crippen LogP contribution < -0.4 is 0 Å². The van der Waals surface area contributed by atoms with E-state index < -0.39 is 19.1 Å². The molecule has 0 spiro atoms. The van der Waals surface area contributed by atoms with E-state index in [0.717, 1.165) is 0 Å². The van der Waals surface area contributed by atoms with E-state index >= 15 is 0 Å². The Bertz CT molecular complexity index is 289. The smallest absolute Gasteiger partial charge is 0.511 e. The molecule has 0 bridgehead atoms. The Hall–Kier alpha value is -1.77. The molecule has 0 atom stereocenters. The van der Waals surface area contributed by atoms with Gasteiger partial charge in [0.15, 0.2) is 0 Å². The monoisotopic (exact) mass is 249 g/mol. The summed E-state index contributed by atoms with van der Waals surface area (Å²) in [7, 11) is 0. The average molecular weight is 249 g/mol. The molecule has 1 aliphatic heterocycles. The van der Waals surface area contributed by atoms with Crippen LogP contribution in [0.15, 0.2) is 5.28 Å². The van der Waals surface area contributed by atoms with Gasteiger partial charge in [-0.2, -0.15) is 0 Å². The van der Waals surface area contributed by atoms with Crippen molar-refractivity contribution in [2.24, 2.45) is 5.28 Å². The van der Waals surface area contributed by atoms with Gasteiger partial charge in [0.2, 0.25) is 5.28 Å². The number of carbonyl (C=O) groups is 1. The Kier molecular flexibility index (Phi) is 4.76. The van der Waals surface area contributed by atoms with E-state index in [9.17, 15) is 10.0 Å². The molecular weight excluding hydrogens is 234 g/mol. The van der Waals surface area contributed by atoms with Crippen LogP contribution in [0.2, 0.25) is 0 Å². The summed E-state index contributed by atoms with van der Waals surface area (Å²) in [6.07, 6.45) is -1.70. The number of rotatable bonds is 5. The number of nitrogens with zero attached hydrogens (tertiary/aromatic N) is 3. The number of hydrogen-bond donors (Lipinski definition) is 1. The molecule has 1 fully saturated rings. The minimum atomic E-state index is -0.896. The van der Waals surface area contributed by atoms with Crippen LogP contribution in [-0.2, 0) is 14.3 Å². The summed E-state index contributed by atoms with van der Waals surface area (Å²) < 4.78 is 9.08. The Labute approximate surface area is 97.7 Å². The lowest BCUT2D eigenvalue weighted by Gasteiger charge is -2.30. The third-order valence-corrected chi connectivity index (χ3v) is 1.77. The molecule has 0 unspecified atom stereocenters. The first-order valence-electron chi connectivity index (χ1n) is 5.05. The van der Waals surface area contributed by atoms with Gasteiger partial charge < -0.3 is 24.6 Å². The topological polar surface area (TPSA) is 107 Å². The minimum absolute atomic E-state index is 0.184. The van der Waals surface area contributed by atoms with Crippen LogP contribution in [0.4, 0.5) is 4.79 Å². The molecule has 1 aliphatic rings. The molecule has 0 aromatic heterocycles. The highest BCUT2D eigenvalue weighted by molar-refractivity contribution is 5.59. The highest BCUT2D eigenvalue weighted by Gasteiger charge is 2.31. The summed E-state index contributed by atoms with van der Waals surface area (Å²) in [6, 6.07) is 0. The zero-order chi connectivity index (χ0) is 12.8. The summed E-state index contributed by atoms with van der Waals surface area (Å²) in [4.78, 5) is 15.5. The van der Waals surface area contributed by atoms with E-state index in [4.69, 9.17) is 5.11 Å². The van der Waals surface area contributed by atoms with Crippen LogP contribution in [0.5, 0.6) is 0 Å².